The number of nitrogens with one attached hydrogen (secondary N) is 1. The molecule has 1 fully saturated rings. The topological polar surface area (TPSA) is 29.9 Å². The summed E-state index contributed by atoms with van der Waals surface area (Å²) in [7, 11) is 1.97. The Kier molecular flexibility index (Phi) is 3.41. The van der Waals surface area contributed by atoms with E-state index in [1.807, 2.05) is 17.9 Å². The molecule has 1 aromatic heterocycles. The minimum atomic E-state index is 0.707. The second kappa shape index (κ2) is 4.79. The number of nitrogens with zero attached hydrogens (tertiary/aromatic N) is 2. The van der Waals surface area contributed by atoms with Gasteiger partial charge in [0.1, 0.15) is 0 Å². The molecule has 0 saturated heterocycles. The van der Waals surface area contributed by atoms with Gasteiger partial charge in [0.15, 0.2) is 0 Å². The summed E-state index contributed by atoms with van der Waals surface area (Å²) < 4.78 is 1.86. The Bertz CT molecular complexity index is 306. The molecule has 84 valence electrons. The average Bonchev–Trinajstić information content (AvgIpc) is 2.63. The van der Waals surface area contributed by atoms with E-state index in [-0.39, 0.29) is 0 Å². The van der Waals surface area contributed by atoms with Crippen molar-refractivity contribution in [2.24, 2.45) is 13.0 Å². The Morgan fingerprint density at radius 3 is 2.93 bits per heavy atom. The van der Waals surface area contributed by atoms with Crippen molar-refractivity contribution in [1.29, 1.82) is 0 Å². The number of rotatable bonds is 3. The molecule has 1 N–H and O–H groups in total. The van der Waals surface area contributed by atoms with Crippen LogP contribution in [0.4, 0.5) is 0 Å². The monoisotopic (exact) mass is 207 g/mol. The first-order valence-corrected chi connectivity index (χ1v) is 5.96. The molecule has 0 radical (unpaired) electrons. The molecular formula is C12H21N3. The van der Waals surface area contributed by atoms with Crippen LogP contribution in [0.1, 0.15) is 38.2 Å². The minimum absolute atomic E-state index is 0.707. The summed E-state index contributed by atoms with van der Waals surface area (Å²) >= 11 is 0. The smallest absolute Gasteiger partial charge is 0.0534 e. The van der Waals surface area contributed by atoms with Crippen molar-refractivity contribution in [3.05, 3.63) is 18.0 Å². The Hall–Kier alpha value is -0.830. The van der Waals surface area contributed by atoms with Crippen LogP contribution in [0.25, 0.3) is 0 Å². The standard InChI is InChI=1S/C12H21N3/c1-10-5-3-4-6-12(10)13-7-11-8-14-15(2)9-11/h8-10,12-13H,3-7H2,1-2H3/t10-,12-/m1/s1. The van der Waals surface area contributed by atoms with Crippen LogP contribution in [0.15, 0.2) is 12.4 Å². The average molecular weight is 207 g/mol. The van der Waals surface area contributed by atoms with Gasteiger partial charge in [0.2, 0.25) is 0 Å². The number of hydrogen-bond acceptors (Lipinski definition) is 2. The van der Waals surface area contributed by atoms with Crippen molar-refractivity contribution in [2.75, 3.05) is 0 Å². The van der Waals surface area contributed by atoms with Crippen molar-refractivity contribution in [3.63, 3.8) is 0 Å². The highest BCUT2D eigenvalue weighted by Gasteiger charge is 2.20. The molecule has 3 nitrogen and oxygen atoms in total. The molecule has 2 atom stereocenters. The fourth-order valence-electron chi connectivity index (χ4n) is 2.43. The molecular weight excluding hydrogens is 186 g/mol. The van der Waals surface area contributed by atoms with Gasteiger partial charge in [0.25, 0.3) is 0 Å². The van der Waals surface area contributed by atoms with Gasteiger partial charge in [0.05, 0.1) is 6.20 Å². The van der Waals surface area contributed by atoms with Crippen LogP contribution < -0.4 is 5.32 Å². The largest absolute Gasteiger partial charge is 0.310 e. The van der Waals surface area contributed by atoms with E-state index in [1.54, 1.807) is 0 Å². The summed E-state index contributed by atoms with van der Waals surface area (Å²) in [5.41, 5.74) is 1.29. The van der Waals surface area contributed by atoms with Crippen LogP contribution in [0.3, 0.4) is 0 Å². The van der Waals surface area contributed by atoms with E-state index in [0.717, 1.165) is 12.5 Å². The molecule has 1 aliphatic carbocycles. The van der Waals surface area contributed by atoms with E-state index in [2.05, 4.69) is 23.5 Å². The van der Waals surface area contributed by atoms with Gasteiger partial charge >= 0.3 is 0 Å². The highest BCUT2D eigenvalue weighted by atomic mass is 15.2. The summed E-state index contributed by atoms with van der Waals surface area (Å²) in [4.78, 5) is 0. The lowest BCUT2D eigenvalue weighted by Gasteiger charge is -2.29. The van der Waals surface area contributed by atoms with Crippen molar-refractivity contribution in [1.82, 2.24) is 15.1 Å². The highest BCUT2D eigenvalue weighted by molar-refractivity contribution is 5.03. The zero-order valence-electron chi connectivity index (χ0n) is 9.74. The van der Waals surface area contributed by atoms with Crippen LogP contribution in [-0.2, 0) is 13.6 Å². The summed E-state index contributed by atoms with van der Waals surface area (Å²) in [6, 6.07) is 0.707. The van der Waals surface area contributed by atoms with Gasteiger partial charge in [-0.1, -0.05) is 19.8 Å². The Balaban J connectivity index is 1.81. The Morgan fingerprint density at radius 1 is 1.47 bits per heavy atom. The zero-order chi connectivity index (χ0) is 10.7. The van der Waals surface area contributed by atoms with E-state index in [4.69, 9.17) is 0 Å². The van der Waals surface area contributed by atoms with Crippen LogP contribution in [-0.4, -0.2) is 15.8 Å². The summed E-state index contributed by atoms with van der Waals surface area (Å²) in [6.45, 7) is 3.32. The molecule has 0 spiro atoms. The van der Waals surface area contributed by atoms with E-state index in [9.17, 15) is 0 Å². The van der Waals surface area contributed by atoms with Crippen molar-refractivity contribution >= 4 is 0 Å². The molecule has 15 heavy (non-hydrogen) atoms. The summed E-state index contributed by atoms with van der Waals surface area (Å²) in [5, 5.41) is 7.82. The zero-order valence-corrected chi connectivity index (χ0v) is 9.74. The molecule has 0 aliphatic heterocycles. The molecule has 1 aliphatic rings. The summed E-state index contributed by atoms with van der Waals surface area (Å²) in [5.74, 6) is 0.829. The molecule has 1 heterocycles. The number of hydrogen-bond donors (Lipinski definition) is 1. The first-order valence-electron chi connectivity index (χ1n) is 5.96. The summed E-state index contributed by atoms with van der Waals surface area (Å²) in [6.07, 6.45) is 9.54. The lowest BCUT2D eigenvalue weighted by molar-refractivity contribution is 0.279. The number of aromatic nitrogens is 2. The lowest BCUT2D eigenvalue weighted by atomic mass is 9.86. The molecule has 1 saturated carbocycles. The van der Waals surface area contributed by atoms with Crippen LogP contribution in [0, 0.1) is 5.92 Å². The molecule has 1 aromatic rings. The third-order valence-electron chi connectivity index (χ3n) is 3.44. The van der Waals surface area contributed by atoms with Crippen LogP contribution >= 0.6 is 0 Å². The molecule has 0 bridgehead atoms. The van der Waals surface area contributed by atoms with E-state index in [0.29, 0.717) is 6.04 Å². The fourth-order valence-corrected chi connectivity index (χ4v) is 2.43. The van der Waals surface area contributed by atoms with Gasteiger partial charge in [-0.05, 0) is 18.8 Å². The molecule has 0 aromatic carbocycles. The maximum atomic E-state index is 4.18. The maximum absolute atomic E-state index is 4.18. The normalized spacial score (nSPS) is 26.8. The van der Waals surface area contributed by atoms with Gasteiger partial charge < -0.3 is 5.32 Å². The van der Waals surface area contributed by atoms with Gasteiger partial charge in [-0.25, -0.2) is 0 Å². The molecule has 0 amide bonds. The lowest BCUT2D eigenvalue weighted by Crippen LogP contribution is -2.36. The predicted octanol–water partition coefficient (Wildman–Crippen LogP) is 2.09. The predicted molar refractivity (Wildman–Crippen MR) is 61.5 cm³/mol. The quantitative estimate of drug-likeness (QED) is 0.822. The van der Waals surface area contributed by atoms with Gasteiger partial charge in [-0.3, -0.25) is 4.68 Å². The van der Waals surface area contributed by atoms with Crippen LogP contribution in [0.2, 0.25) is 0 Å². The molecule has 0 unspecified atom stereocenters. The SMILES string of the molecule is C[C@@H]1CCCC[C@H]1NCc1cnn(C)c1. The van der Waals surface area contributed by atoms with Gasteiger partial charge in [-0.2, -0.15) is 5.10 Å². The number of aryl methyl sites for hydroxylation is 1. The minimum Gasteiger partial charge on any atom is -0.310 e. The Labute approximate surface area is 91.9 Å². The third kappa shape index (κ3) is 2.81. The van der Waals surface area contributed by atoms with Gasteiger partial charge in [0, 0.05) is 31.4 Å². The van der Waals surface area contributed by atoms with Gasteiger partial charge in [-0.15, -0.1) is 0 Å². The second-order valence-electron chi connectivity index (χ2n) is 4.77. The van der Waals surface area contributed by atoms with E-state index >= 15 is 0 Å². The Morgan fingerprint density at radius 2 is 2.27 bits per heavy atom. The third-order valence-corrected chi connectivity index (χ3v) is 3.44. The maximum Gasteiger partial charge on any atom is 0.0534 e. The second-order valence-corrected chi connectivity index (χ2v) is 4.77. The van der Waals surface area contributed by atoms with Crippen molar-refractivity contribution in [3.8, 4) is 0 Å². The molecule has 2 rings (SSSR count). The van der Waals surface area contributed by atoms with Crippen molar-refractivity contribution < 1.29 is 0 Å². The first-order chi connectivity index (χ1) is 7.25. The fraction of sp³-hybridized carbons (Fsp3) is 0.750. The van der Waals surface area contributed by atoms with Crippen molar-refractivity contribution in [2.45, 2.75) is 45.2 Å². The first kappa shape index (κ1) is 10.7. The van der Waals surface area contributed by atoms with E-state index in [1.165, 1.54) is 31.2 Å². The highest BCUT2D eigenvalue weighted by Crippen LogP contribution is 2.23. The van der Waals surface area contributed by atoms with E-state index < -0.39 is 0 Å². The molecule has 3 heteroatoms. The van der Waals surface area contributed by atoms with Crippen LogP contribution in [0.5, 0.6) is 0 Å².